The second-order valence-corrected chi connectivity index (χ2v) is 8.57. The summed E-state index contributed by atoms with van der Waals surface area (Å²) in [6.45, 7) is 9.74. The van der Waals surface area contributed by atoms with Gasteiger partial charge in [-0.05, 0) is 50.8 Å². The molecule has 2 fully saturated rings. The van der Waals surface area contributed by atoms with Crippen molar-refractivity contribution in [2.24, 2.45) is 5.92 Å². The van der Waals surface area contributed by atoms with E-state index in [9.17, 15) is 9.59 Å². The smallest absolute Gasteiger partial charge is 0.223 e. The zero-order valence-electron chi connectivity index (χ0n) is 18.5. The van der Waals surface area contributed by atoms with Gasteiger partial charge in [-0.1, -0.05) is 25.1 Å². The first-order valence-corrected chi connectivity index (χ1v) is 11.7. The molecule has 3 rings (SSSR count). The van der Waals surface area contributed by atoms with Crippen molar-refractivity contribution in [1.82, 2.24) is 15.1 Å². The summed E-state index contributed by atoms with van der Waals surface area (Å²) >= 11 is 0. The molecule has 30 heavy (non-hydrogen) atoms. The van der Waals surface area contributed by atoms with E-state index >= 15 is 0 Å². The minimum atomic E-state index is 0.0711. The molecule has 6 nitrogen and oxygen atoms in total. The molecule has 0 aliphatic carbocycles. The van der Waals surface area contributed by atoms with Crippen LogP contribution in [-0.2, 0) is 9.59 Å². The number of hydrogen-bond acceptors (Lipinski definition) is 4. The molecule has 0 aromatic heterocycles. The van der Waals surface area contributed by atoms with E-state index < -0.39 is 0 Å². The average Bonchev–Trinajstić information content (AvgIpc) is 2.80. The molecular weight excluding hydrogens is 376 g/mol. The first kappa shape index (κ1) is 22.6. The molecule has 0 atom stereocenters. The fourth-order valence-corrected chi connectivity index (χ4v) is 4.45. The van der Waals surface area contributed by atoms with Crippen molar-refractivity contribution in [3.63, 3.8) is 0 Å². The van der Waals surface area contributed by atoms with Gasteiger partial charge in [-0.3, -0.25) is 14.5 Å². The van der Waals surface area contributed by atoms with Crippen molar-refractivity contribution in [2.45, 2.75) is 45.4 Å². The van der Waals surface area contributed by atoms with Crippen LogP contribution in [0.4, 0.5) is 5.69 Å². The zero-order valence-corrected chi connectivity index (χ0v) is 18.5. The van der Waals surface area contributed by atoms with Crippen LogP contribution in [0.25, 0.3) is 0 Å². The molecule has 1 aromatic rings. The molecule has 166 valence electrons. The molecule has 2 aliphatic heterocycles. The van der Waals surface area contributed by atoms with E-state index in [-0.39, 0.29) is 17.7 Å². The molecule has 0 radical (unpaired) electrons. The van der Waals surface area contributed by atoms with Crippen LogP contribution < -0.4 is 10.2 Å². The Morgan fingerprint density at radius 3 is 2.33 bits per heavy atom. The van der Waals surface area contributed by atoms with Crippen molar-refractivity contribution < 1.29 is 9.59 Å². The number of anilines is 1. The molecule has 0 unspecified atom stereocenters. The number of carbonyl (C=O) groups is 2. The van der Waals surface area contributed by atoms with Gasteiger partial charge in [0.05, 0.1) is 0 Å². The minimum Gasteiger partial charge on any atom is -0.369 e. The summed E-state index contributed by atoms with van der Waals surface area (Å²) in [5, 5.41) is 3.12. The quantitative estimate of drug-likeness (QED) is 0.632. The number of likely N-dealkylation sites (tertiary alicyclic amines) is 1. The van der Waals surface area contributed by atoms with Crippen molar-refractivity contribution in [2.75, 3.05) is 57.3 Å². The van der Waals surface area contributed by atoms with Crippen LogP contribution in [0.5, 0.6) is 0 Å². The first-order valence-electron chi connectivity index (χ1n) is 11.7. The third-order valence-corrected chi connectivity index (χ3v) is 6.38. The average molecular weight is 415 g/mol. The van der Waals surface area contributed by atoms with E-state index in [0.717, 1.165) is 84.5 Å². The highest BCUT2D eigenvalue weighted by Gasteiger charge is 2.26. The maximum Gasteiger partial charge on any atom is 0.223 e. The van der Waals surface area contributed by atoms with Crippen molar-refractivity contribution in [3.05, 3.63) is 30.3 Å². The van der Waals surface area contributed by atoms with Crippen LogP contribution >= 0.6 is 0 Å². The van der Waals surface area contributed by atoms with Gasteiger partial charge in [-0.15, -0.1) is 0 Å². The summed E-state index contributed by atoms with van der Waals surface area (Å²) in [6, 6.07) is 10.6. The summed E-state index contributed by atoms with van der Waals surface area (Å²) < 4.78 is 0. The molecule has 2 amide bonds. The molecule has 2 heterocycles. The number of unbranched alkanes of at least 4 members (excludes halogenated alkanes) is 1. The molecule has 1 N–H and O–H groups in total. The van der Waals surface area contributed by atoms with Crippen LogP contribution in [0.3, 0.4) is 0 Å². The summed E-state index contributed by atoms with van der Waals surface area (Å²) in [4.78, 5) is 31.3. The maximum absolute atomic E-state index is 12.4. The Balaban J connectivity index is 1.23. The number of hydrogen-bond donors (Lipinski definition) is 1. The number of nitrogens with one attached hydrogen (secondary N) is 1. The highest BCUT2D eigenvalue weighted by molar-refractivity contribution is 5.80. The van der Waals surface area contributed by atoms with E-state index in [0.29, 0.717) is 6.42 Å². The Labute approximate surface area is 181 Å². The lowest BCUT2D eigenvalue weighted by molar-refractivity contribution is -0.135. The van der Waals surface area contributed by atoms with Gasteiger partial charge in [0.15, 0.2) is 0 Å². The number of benzene rings is 1. The van der Waals surface area contributed by atoms with Crippen LogP contribution in [0.15, 0.2) is 30.3 Å². The van der Waals surface area contributed by atoms with Gasteiger partial charge in [0.25, 0.3) is 0 Å². The number of carbonyl (C=O) groups excluding carboxylic acids is 2. The second-order valence-electron chi connectivity index (χ2n) is 8.57. The Morgan fingerprint density at radius 1 is 0.967 bits per heavy atom. The number of amides is 2. The zero-order chi connectivity index (χ0) is 21.2. The lowest BCUT2D eigenvalue weighted by Gasteiger charge is -2.36. The van der Waals surface area contributed by atoms with Gasteiger partial charge < -0.3 is 15.1 Å². The molecule has 0 saturated carbocycles. The number of piperidine rings is 1. The van der Waals surface area contributed by atoms with E-state index in [1.807, 2.05) is 11.8 Å². The number of nitrogens with zero attached hydrogens (tertiary/aromatic N) is 3. The van der Waals surface area contributed by atoms with Crippen LogP contribution in [0.2, 0.25) is 0 Å². The number of para-hydroxylation sites is 1. The predicted molar refractivity (Wildman–Crippen MR) is 122 cm³/mol. The third kappa shape index (κ3) is 6.73. The normalized spacial score (nSPS) is 18.4. The summed E-state index contributed by atoms with van der Waals surface area (Å²) in [6.07, 6.45) is 5.26. The predicted octanol–water partition coefficient (Wildman–Crippen LogP) is 2.74. The van der Waals surface area contributed by atoms with Crippen molar-refractivity contribution >= 4 is 17.5 Å². The molecule has 1 aromatic carbocycles. The summed E-state index contributed by atoms with van der Waals surface area (Å²) in [5.74, 6) is 0.483. The fraction of sp³-hybridized carbons (Fsp3) is 0.667. The monoisotopic (exact) mass is 414 g/mol. The summed E-state index contributed by atoms with van der Waals surface area (Å²) in [5.41, 5.74) is 1.32. The van der Waals surface area contributed by atoms with Gasteiger partial charge in [0, 0.05) is 63.8 Å². The van der Waals surface area contributed by atoms with Gasteiger partial charge in [-0.25, -0.2) is 0 Å². The standard InChI is InChI=1S/C24H38N4O2/c1-2-8-23(29)28-15-11-21(12-16-28)24(30)25-13-6-7-14-26-17-19-27(20-18-26)22-9-4-3-5-10-22/h3-5,9-10,21H,2,6-8,11-20H2,1H3,(H,25,30). The van der Waals surface area contributed by atoms with Gasteiger partial charge in [0.2, 0.25) is 11.8 Å². The lowest BCUT2D eigenvalue weighted by Crippen LogP contribution is -2.46. The first-order chi connectivity index (χ1) is 14.7. The highest BCUT2D eigenvalue weighted by atomic mass is 16.2. The topological polar surface area (TPSA) is 55.9 Å². The second kappa shape index (κ2) is 11.9. The maximum atomic E-state index is 12.4. The highest BCUT2D eigenvalue weighted by Crippen LogP contribution is 2.18. The summed E-state index contributed by atoms with van der Waals surface area (Å²) in [7, 11) is 0. The van der Waals surface area contributed by atoms with Crippen molar-refractivity contribution in [3.8, 4) is 0 Å². The third-order valence-electron chi connectivity index (χ3n) is 6.38. The Kier molecular flexibility index (Phi) is 9.00. The van der Waals surface area contributed by atoms with Crippen LogP contribution in [0.1, 0.15) is 45.4 Å². The molecule has 6 heteroatoms. The van der Waals surface area contributed by atoms with E-state index in [1.54, 1.807) is 0 Å². The van der Waals surface area contributed by atoms with Gasteiger partial charge in [-0.2, -0.15) is 0 Å². The van der Waals surface area contributed by atoms with Crippen molar-refractivity contribution in [1.29, 1.82) is 0 Å². The Morgan fingerprint density at radius 2 is 1.67 bits per heavy atom. The Bertz CT molecular complexity index is 650. The molecule has 0 bridgehead atoms. The Hall–Kier alpha value is -2.08. The van der Waals surface area contributed by atoms with Crippen LogP contribution in [0, 0.1) is 5.92 Å². The molecular formula is C24H38N4O2. The molecule has 2 aliphatic rings. The lowest BCUT2D eigenvalue weighted by atomic mass is 9.95. The molecule has 0 spiro atoms. The van der Waals surface area contributed by atoms with E-state index in [1.165, 1.54) is 5.69 Å². The van der Waals surface area contributed by atoms with E-state index in [2.05, 4.69) is 45.4 Å². The number of rotatable bonds is 9. The fourth-order valence-electron chi connectivity index (χ4n) is 4.45. The SMILES string of the molecule is CCCC(=O)N1CCC(C(=O)NCCCCN2CCN(c3ccccc3)CC2)CC1. The van der Waals surface area contributed by atoms with Crippen LogP contribution in [-0.4, -0.2) is 74.0 Å². The molecule has 2 saturated heterocycles. The van der Waals surface area contributed by atoms with Gasteiger partial charge in [0.1, 0.15) is 0 Å². The van der Waals surface area contributed by atoms with E-state index in [4.69, 9.17) is 0 Å². The minimum absolute atomic E-state index is 0.0711. The largest absolute Gasteiger partial charge is 0.369 e. The van der Waals surface area contributed by atoms with Gasteiger partial charge >= 0.3 is 0 Å². The number of piperazine rings is 1.